The molecule has 0 radical (unpaired) electrons. The molecule has 2 aromatic rings. The van der Waals surface area contributed by atoms with Gasteiger partial charge in [0.1, 0.15) is 17.4 Å². The van der Waals surface area contributed by atoms with Crippen LogP contribution < -0.4 is 4.90 Å². The van der Waals surface area contributed by atoms with Crippen molar-refractivity contribution in [3.05, 3.63) is 41.7 Å². The number of nitrogens with zero attached hydrogens (tertiary/aromatic N) is 1. The first-order chi connectivity index (χ1) is 8.59. The number of carbonyl (C=O) groups is 1. The van der Waals surface area contributed by atoms with Crippen molar-refractivity contribution in [2.45, 2.75) is 0 Å². The van der Waals surface area contributed by atoms with Gasteiger partial charge in [0.25, 0.3) is 0 Å². The monoisotopic (exact) mass is 261 g/mol. The van der Waals surface area contributed by atoms with Crippen molar-refractivity contribution in [2.24, 2.45) is 0 Å². The van der Waals surface area contributed by atoms with Gasteiger partial charge in [-0.2, -0.15) is 0 Å². The lowest BCUT2D eigenvalue weighted by molar-refractivity contribution is -0.135. The van der Waals surface area contributed by atoms with Crippen molar-refractivity contribution in [2.75, 3.05) is 11.4 Å². The topological polar surface area (TPSA) is 40.5 Å². The van der Waals surface area contributed by atoms with Crippen molar-refractivity contribution in [3.63, 3.8) is 0 Å². The Morgan fingerprint density at radius 3 is 2.83 bits per heavy atom. The highest BCUT2D eigenvalue weighted by Crippen LogP contribution is 2.38. The van der Waals surface area contributed by atoms with Crippen LogP contribution in [0.3, 0.4) is 0 Å². The predicted molar refractivity (Wildman–Crippen MR) is 70.6 cm³/mol. The van der Waals surface area contributed by atoms with Crippen LogP contribution in [-0.4, -0.2) is 22.6 Å². The lowest BCUT2D eigenvalue weighted by Crippen LogP contribution is -2.31. The molecule has 0 spiro atoms. The lowest BCUT2D eigenvalue weighted by Gasteiger charge is -2.16. The fourth-order valence-electron chi connectivity index (χ4n) is 2.30. The first-order valence-corrected chi connectivity index (χ1v) is 5.75. The first kappa shape index (κ1) is 11.1. The third-order valence-electron chi connectivity index (χ3n) is 3.03. The molecular formula is C13H8FNO2S. The van der Waals surface area contributed by atoms with E-state index in [4.69, 9.17) is 17.3 Å². The van der Waals surface area contributed by atoms with Crippen LogP contribution in [-0.2, 0) is 4.79 Å². The molecule has 18 heavy (non-hydrogen) atoms. The Balaban J connectivity index is 2.30. The summed E-state index contributed by atoms with van der Waals surface area (Å²) in [5.74, 6) is -1.29. The smallest absolute Gasteiger partial charge is 0.323 e. The zero-order valence-electron chi connectivity index (χ0n) is 9.18. The van der Waals surface area contributed by atoms with Crippen LogP contribution in [0.5, 0.6) is 0 Å². The quantitative estimate of drug-likeness (QED) is 0.843. The molecule has 3 nitrogen and oxygen atoms in total. The Hall–Kier alpha value is -2.01. The number of carboxylic acids is 1. The number of rotatable bonds is 2. The minimum absolute atomic E-state index is 0.214. The summed E-state index contributed by atoms with van der Waals surface area (Å²) in [4.78, 5) is 12.8. The molecule has 0 saturated heterocycles. The van der Waals surface area contributed by atoms with E-state index < -0.39 is 5.97 Å². The van der Waals surface area contributed by atoms with Gasteiger partial charge < -0.3 is 10.0 Å². The first-order valence-electron chi connectivity index (χ1n) is 5.34. The van der Waals surface area contributed by atoms with Crippen molar-refractivity contribution in [1.29, 1.82) is 0 Å². The molecule has 0 amide bonds. The Morgan fingerprint density at radius 2 is 2.11 bits per heavy atom. The van der Waals surface area contributed by atoms with Gasteiger partial charge in [-0.15, -0.1) is 0 Å². The summed E-state index contributed by atoms with van der Waals surface area (Å²) in [5, 5.41) is 10.1. The van der Waals surface area contributed by atoms with E-state index in [1.54, 1.807) is 24.3 Å². The van der Waals surface area contributed by atoms with E-state index in [2.05, 4.69) is 0 Å². The van der Waals surface area contributed by atoms with E-state index in [9.17, 15) is 9.18 Å². The normalized spacial score (nSPS) is 13.4. The Labute approximate surface area is 107 Å². The van der Waals surface area contributed by atoms with Crippen molar-refractivity contribution in [1.82, 2.24) is 0 Å². The highest BCUT2D eigenvalue weighted by molar-refractivity contribution is 7.81. The molecule has 0 saturated carbocycles. The molecule has 1 heterocycles. The van der Waals surface area contributed by atoms with Gasteiger partial charge in [0.15, 0.2) is 0 Å². The maximum atomic E-state index is 13.7. The van der Waals surface area contributed by atoms with Gasteiger partial charge in [0, 0.05) is 16.3 Å². The van der Waals surface area contributed by atoms with E-state index >= 15 is 0 Å². The van der Waals surface area contributed by atoms with Gasteiger partial charge in [0.05, 0.1) is 5.69 Å². The van der Waals surface area contributed by atoms with Gasteiger partial charge >= 0.3 is 5.97 Å². The Morgan fingerprint density at radius 1 is 1.33 bits per heavy atom. The molecule has 0 unspecified atom stereocenters. The third-order valence-corrected chi connectivity index (χ3v) is 3.47. The maximum Gasteiger partial charge on any atom is 0.323 e. The minimum Gasteiger partial charge on any atom is -0.480 e. The van der Waals surface area contributed by atoms with Crippen molar-refractivity contribution < 1.29 is 14.3 Å². The fourth-order valence-corrected chi connectivity index (χ4v) is 2.64. The van der Waals surface area contributed by atoms with Crippen LogP contribution in [0.1, 0.15) is 5.56 Å². The molecule has 0 fully saturated rings. The second kappa shape index (κ2) is 3.74. The van der Waals surface area contributed by atoms with E-state index in [0.717, 1.165) is 5.56 Å². The largest absolute Gasteiger partial charge is 0.480 e. The SMILES string of the molecule is O=C(O)CN1C(=S)c2cccc3c(F)ccc1c23. The van der Waals surface area contributed by atoms with Crippen LogP contribution in [0.25, 0.3) is 10.8 Å². The summed E-state index contributed by atoms with van der Waals surface area (Å²) in [5.41, 5.74) is 1.38. The minimum atomic E-state index is -0.970. The number of benzene rings is 2. The van der Waals surface area contributed by atoms with Gasteiger partial charge in [0.2, 0.25) is 0 Å². The lowest BCUT2D eigenvalue weighted by atomic mass is 10.1. The van der Waals surface area contributed by atoms with Crippen molar-refractivity contribution >= 4 is 39.6 Å². The fraction of sp³-hybridized carbons (Fsp3) is 0.0769. The zero-order chi connectivity index (χ0) is 12.9. The summed E-state index contributed by atoms with van der Waals surface area (Å²) < 4.78 is 13.7. The number of carboxylic acid groups (broad SMARTS) is 1. The van der Waals surface area contributed by atoms with Crippen LogP contribution in [0.2, 0.25) is 0 Å². The molecular weight excluding hydrogens is 253 g/mol. The third kappa shape index (κ3) is 1.41. The zero-order valence-corrected chi connectivity index (χ0v) is 10.00. The molecule has 5 heteroatoms. The maximum absolute atomic E-state index is 13.7. The number of thiocarbonyl (C=S) groups is 1. The number of aliphatic carboxylic acids is 1. The Kier molecular flexibility index (Phi) is 2.31. The molecule has 1 aliphatic heterocycles. The standard InChI is InChI=1S/C13H8FNO2S/c14-9-4-5-10-12-7(9)2-1-3-8(12)13(18)15(10)6-11(16)17/h1-5H,6H2,(H,16,17). The molecule has 2 aromatic carbocycles. The molecule has 0 atom stereocenters. The number of hydrogen-bond donors (Lipinski definition) is 1. The number of hydrogen-bond acceptors (Lipinski definition) is 2. The molecule has 0 aromatic heterocycles. The highest BCUT2D eigenvalue weighted by Gasteiger charge is 2.28. The molecule has 0 bridgehead atoms. The van der Waals surface area contributed by atoms with E-state index in [1.165, 1.54) is 11.0 Å². The summed E-state index contributed by atoms with van der Waals surface area (Å²) in [6, 6.07) is 8.09. The van der Waals surface area contributed by atoms with E-state index in [0.29, 0.717) is 21.4 Å². The van der Waals surface area contributed by atoms with Crippen LogP contribution >= 0.6 is 12.2 Å². The van der Waals surface area contributed by atoms with Gasteiger partial charge in [-0.1, -0.05) is 30.4 Å². The molecule has 3 rings (SSSR count). The van der Waals surface area contributed by atoms with E-state index in [-0.39, 0.29) is 12.4 Å². The van der Waals surface area contributed by atoms with Gasteiger partial charge in [-0.25, -0.2) is 4.39 Å². The summed E-state index contributed by atoms with van der Waals surface area (Å²) in [6.07, 6.45) is 0. The number of anilines is 1. The summed E-state index contributed by atoms with van der Waals surface area (Å²) in [6.45, 7) is -0.214. The van der Waals surface area contributed by atoms with Crippen LogP contribution in [0.4, 0.5) is 10.1 Å². The average molecular weight is 261 g/mol. The number of halogens is 1. The highest BCUT2D eigenvalue weighted by atomic mass is 32.1. The second-order valence-corrected chi connectivity index (χ2v) is 4.47. The second-order valence-electron chi connectivity index (χ2n) is 4.08. The summed E-state index contributed by atoms with van der Waals surface area (Å²) in [7, 11) is 0. The van der Waals surface area contributed by atoms with Crippen LogP contribution in [0.15, 0.2) is 30.3 Å². The van der Waals surface area contributed by atoms with Crippen molar-refractivity contribution in [3.8, 4) is 0 Å². The molecule has 1 aliphatic rings. The van der Waals surface area contributed by atoms with Gasteiger partial charge in [-0.05, 0) is 12.1 Å². The summed E-state index contributed by atoms with van der Waals surface area (Å²) >= 11 is 5.26. The van der Waals surface area contributed by atoms with Crippen LogP contribution in [0, 0.1) is 5.82 Å². The molecule has 1 N–H and O–H groups in total. The molecule has 90 valence electrons. The average Bonchev–Trinajstić information content (AvgIpc) is 2.60. The predicted octanol–water partition coefficient (Wildman–Crippen LogP) is 2.56. The van der Waals surface area contributed by atoms with Gasteiger partial charge in [-0.3, -0.25) is 4.79 Å². The van der Waals surface area contributed by atoms with E-state index in [1.807, 2.05) is 0 Å². The Bertz CT molecular complexity index is 699. The molecule has 0 aliphatic carbocycles.